The number of carbonyl (C=O) groups excluding carboxylic acids is 1. The number of thioether (sulfide) groups is 1. The number of thiophene rings is 1. The predicted molar refractivity (Wildman–Crippen MR) is 81.1 cm³/mol. The molecule has 0 bridgehead atoms. The molecular weight excluding hydrogens is 278 g/mol. The van der Waals surface area contributed by atoms with E-state index in [-0.39, 0.29) is 5.91 Å². The first kappa shape index (κ1) is 13.9. The van der Waals surface area contributed by atoms with E-state index in [4.69, 9.17) is 11.6 Å². The van der Waals surface area contributed by atoms with E-state index in [9.17, 15) is 4.79 Å². The number of hydrogen-bond donors (Lipinski definition) is 3. The van der Waals surface area contributed by atoms with Crippen LogP contribution in [0.15, 0.2) is 34.5 Å². The summed E-state index contributed by atoms with van der Waals surface area (Å²) >= 11 is 3.01. The molecule has 0 aliphatic heterocycles. The standard InChI is InChI=1S/C13H15N3OS2/c1-8-2-3-10(14)11(6-8)19-7-9-4-5-18-12(9)13(17)16-15/h2-6H,7,14-15H2,1H3,(H,16,17). The van der Waals surface area contributed by atoms with Crippen LogP contribution in [-0.4, -0.2) is 5.91 Å². The van der Waals surface area contributed by atoms with Crippen LogP contribution in [0.3, 0.4) is 0 Å². The monoisotopic (exact) mass is 293 g/mol. The Labute approximate surface area is 120 Å². The topological polar surface area (TPSA) is 81.1 Å². The zero-order chi connectivity index (χ0) is 13.8. The van der Waals surface area contributed by atoms with Crippen molar-refractivity contribution in [3.05, 3.63) is 45.6 Å². The van der Waals surface area contributed by atoms with E-state index in [1.165, 1.54) is 16.9 Å². The number of nitrogens with two attached hydrogens (primary N) is 2. The summed E-state index contributed by atoms with van der Waals surface area (Å²) in [5.41, 5.74) is 11.0. The molecule has 6 heteroatoms. The Morgan fingerprint density at radius 3 is 2.95 bits per heavy atom. The minimum Gasteiger partial charge on any atom is -0.398 e. The Bertz CT molecular complexity index is 595. The van der Waals surface area contributed by atoms with Crippen LogP contribution in [-0.2, 0) is 5.75 Å². The second-order valence-corrected chi connectivity index (χ2v) is 6.01. The molecule has 0 spiro atoms. The first-order chi connectivity index (χ1) is 9.11. The molecule has 1 aromatic carbocycles. The lowest BCUT2D eigenvalue weighted by atomic mass is 10.2. The first-order valence-electron chi connectivity index (χ1n) is 5.68. The fourth-order valence-corrected chi connectivity index (χ4v) is 3.61. The van der Waals surface area contributed by atoms with Gasteiger partial charge in [0.15, 0.2) is 0 Å². The number of hydrogen-bond acceptors (Lipinski definition) is 5. The van der Waals surface area contributed by atoms with E-state index in [2.05, 4.69) is 11.5 Å². The molecule has 2 aromatic rings. The molecule has 0 saturated heterocycles. The molecule has 1 aromatic heterocycles. The molecule has 0 atom stereocenters. The Morgan fingerprint density at radius 1 is 1.42 bits per heavy atom. The van der Waals surface area contributed by atoms with Crippen molar-refractivity contribution < 1.29 is 4.79 Å². The van der Waals surface area contributed by atoms with Crippen molar-refractivity contribution >= 4 is 34.7 Å². The van der Waals surface area contributed by atoms with Crippen molar-refractivity contribution in [1.29, 1.82) is 0 Å². The summed E-state index contributed by atoms with van der Waals surface area (Å²) < 4.78 is 0. The fourth-order valence-electron chi connectivity index (χ4n) is 1.64. The third-order valence-electron chi connectivity index (χ3n) is 2.64. The summed E-state index contributed by atoms with van der Waals surface area (Å²) in [4.78, 5) is 13.3. The van der Waals surface area contributed by atoms with Gasteiger partial charge in [0.1, 0.15) is 0 Å². The number of benzene rings is 1. The molecule has 0 aliphatic rings. The highest BCUT2D eigenvalue weighted by molar-refractivity contribution is 7.98. The molecule has 0 aliphatic carbocycles. The number of nitrogen functional groups attached to an aromatic ring is 2. The molecule has 5 N–H and O–H groups in total. The summed E-state index contributed by atoms with van der Waals surface area (Å²) in [5, 5.41) is 1.89. The highest BCUT2D eigenvalue weighted by atomic mass is 32.2. The predicted octanol–water partition coefficient (Wildman–Crippen LogP) is 2.53. The highest BCUT2D eigenvalue weighted by Crippen LogP contribution is 2.31. The van der Waals surface area contributed by atoms with Crippen molar-refractivity contribution in [3.8, 4) is 0 Å². The van der Waals surface area contributed by atoms with Crippen LogP contribution in [0.4, 0.5) is 5.69 Å². The lowest BCUT2D eigenvalue weighted by Gasteiger charge is -2.07. The smallest absolute Gasteiger partial charge is 0.275 e. The molecule has 0 fully saturated rings. The number of aryl methyl sites for hydroxylation is 1. The molecule has 0 saturated carbocycles. The van der Waals surface area contributed by atoms with E-state index < -0.39 is 0 Å². The van der Waals surface area contributed by atoms with E-state index in [0.29, 0.717) is 10.6 Å². The van der Waals surface area contributed by atoms with E-state index in [1.54, 1.807) is 11.8 Å². The third-order valence-corrected chi connectivity index (χ3v) is 4.71. The van der Waals surface area contributed by atoms with Gasteiger partial charge in [-0.1, -0.05) is 6.07 Å². The van der Waals surface area contributed by atoms with Gasteiger partial charge in [-0.3, -0.25) is 10.2 Å². The van der Waals surface area contributed by atoms with Gasteiger partial charge in [0.05, 0.1) is 4.88 Å². The van der Waals surface area contributed by atoms with Crippen LogP contribution in [0.2, 0.25) is 0 Å². The number of amides is 1. The van der Waals surface area contributed by atoms with Crippen molar-refractivity contribution in [2.24, 2.45) is 5.84 Å². The zero-order valence-electron chi connectivity index (χ0n) is 10.5. The summed E-state index contributed by atoms with van der Waals surface area (Å²) in [6.07, 6.45) is 0. The highest BCUT2D eigenvalue weighted by Gasteiger charge is 2.12. The SMILES string of the molecule is Cc1ccc(N)c(SCc2ccsc2C(=O)NN)c1. The van der Waals surface area contributed by atoms with Gasteiger partial charge in [-0.05, 0) is 41.6 Å². The molecule has 19 heavy (non-hydrogen) atoms. The Balaban J connectivity index is 2.13. The number of anilines is 1. The zero-order valence-corrected chi connectivity index (χ0v) is 12.1. The minimum absolute atomic E-state index is 0.247. The second kappa shape index (κ2) is 6.10. The largest absolute Gasteiger partial charge is 0.398 e. The maximum Gasteiger partial charge on any atom is 0.275 e. The van der Waals surface area contributed by atoms with Crippen LogP contribution >= 0.6 is 23.1 Å². The summed E-state index contributed by atoms with van der Waals surface area (Å²) in [5.74, 6) is 5.61. The summed E-state index contributed by atoms with van der Waals surface area (Å²) in [7, 11) is 0. The number of rotatable bonds is 4. The fraction of sp³-hybridized carbons (Fsp3) is 0.154. The maximum absolute atomic E-state index is 11.6. The lowest BCUT2D eigenvalue weighted by Crippen LogP contribution is -2.29. The Kier molecular flexibility index (Phi) is 4.47. The van der Waals surface area contributed by atoms with Crippen molar-refractivity contribution in [1.82, 2.24) is 5.43 Å². The molecule has 0 unspecified atom stereocenters. The van der Waals surface area contributed by atoms with Gasteiger partial charge in [-0.2, -0.15) is 0 Å². The van der Waals surface area contributed by atoms with Crippen LogP contribution in [0, 0.1) is 6.92 Å². The minimum atomic E-state index is -0.247. The lowest BCUT2D eigenvalue weighted by molar-refractivity contribution is 0.0957. The van der Waals surface area contributed by atoms with Gasteiger partial charge < -0.3 is 5.73 Å². The first-order valence-corrected chi connectivity index (χ1v) is 7.54. The molecule has 100 valence electrons. The Hall–Kier alpha value is -1.50. The van der Waals surface area contributed by atoms with Gasteiger partial charge in [-0.25, -0.2) is 5.84 Å². The van der Waals surface area contributed by atoms with Gasteiger partial charge in [0.2, 0.25) is 0 Å². The van der Waals surface area contributed by atoms with Gasteiger partial charge in [0.25, 0.3) is 5.91 Å². The summed E-state index contributed by atoms with van der Waals surface area (Å²) in [6.45, 7) is 2.03. The normalized spacial score (nSPS) is 10.4. The van der Waals surface area contributed by atoms with Gasteiger partial charge in [0, 0.05) is 16.3 Å². The third kappa shape index (κ3) is 3.28. The molecule has 1 amide bonds. The molecule has 2 rings (SSSR count). The van der Waals surface area contributed by atoms with Gasteiger partial charge >= 0.3 is 0 Å². The van der Waals surface area contributed by atoms with E-state index in [0.717, 1.165) is 16.1 Å². The van der Waals surface area contributed by atoms with Crippen LogP contribution in [0.1, 0.15) is 20.8 Å². The summed E-state index contributed by atoms with van der Waals surface area (Å²) in [6, 6.07) is 7.87. The Morgan fingerprint density at radius 2 is 2.21 bits per heavy atom. The average molecular weight is 293 g/mol. The van der Waals surface area contributed by atoms with Crippen molar-refractivity contribution in [3.63, 3.8) is 0 Å². The molecule has 4 nitrogen and oxygen atoms in total. The van der Waals surface area contributed by atoms with Crippen LogP contribution in [0.5, 0.6) is 0 Å². The van der Waals surface area contributed by atoms with Crippen molar-refractivity contribution in [2.75, 3.05) is 5.73 Å². The van der Waals surface area contributed by atoms with Crippen LogP contribution < -0.4 is 17.0 Å². The average Bonchev–Trinajstić information content (AvgIpc) is 2.87. The molecular formula is C13H15N3OS2. The molecule has 0 radical (unpaired) electrons. The number of hydrazine groups is 1. The quantitative estimate of drug-likeness (QED) is 0.266. The molecule has 1 heterocycles. The van der Waals surface area contributed by atoms with E-state index >= 15 is 0 Å². The second-order valence-electron chi connectivity index (χ2n) is 4.08. The maximum atomic E-state index is 11.6. The number of carbonyl (C=O) groups is 1. The number of nitrogens with one attached hydrogen (secondary N) is 1. The van der Waals surface area contributed by atoms with Gasteiger partial charge in [-0.15, -0.1) is 23.1 Å². The van der Waals surface area contributed by atoms with E-state index in [1.807, 2.05) is 30.5 Å². The van der Waals surface area contributed by atoms with Crippen molar-refractivity contribution in [2.45, 2.75) is 17.6 Å². The van der Waals surface area contributed by atoms with Crippen LogP contribution in [0.25, 0.3) is 0 Å².